The van der Waals surface area contributed by atoms with Crippen molar-refractivity contribution in [3.05, 3.63) is 52.3 Å². The lowest BCUT2D eigenvalue weighted by atomic mass is 10.1. The summed E-state index contributed by atoms with van der Waals surface area (Å²) in [6, 6.07) is 8.31. The predicted molar refractivity (Wildman–Crippen MR) is 106 cm³/mol. The molecule has 1 aromatic heterocycles. The molecule has 2 aromatic rings. The third-order valence-electron chi connectivity index (χ3n) is 3.63. The maximum Gasteiger partial charge on any atom is 0.319 e. The molecule has 2 rings (SSSR count). The number of hydrogen-bond acceptors (Lipinski definition) is 3. The SMILES string of the molecule is CCCNC(=O)Nc1ccc(CC(=O)NNC(=O)c2cc(Br)cn2C)cc1. The molecule has 9 heteroatoms. The number of benzene rings is 1. The van der Waals surface area contributed by atoms with Gasteiger partial charge in [0.2, 0.25) is 5.91 Å². The smallest absolute Gasteiger partial charge is 0.319 e. The summed E-state index contributed by atoms with van der Waals surface area (Å²) in [6.07, 6.45) is 2.70. The molecule has 0 atom stereocenters. The molecule has 0 saturated carbocycles. The van der Waals surface area contributed by atoms with E-state index in [1.165, 1.54) is 0 Å². The minimum absolute atomic E-state index is 0.0966. The fraction of sp³-hybridized carbons (Fsp3) is 0.278. The highest BCUT2D eigenvalue weighted by Crippen LogP contribution is 2.13. The van der Waals surface area contributed by atoms with E-state index in [0.717, 1.165) is 16.5 Å². The Balaban J connectivity index is 1.81. The molecule has 0 fully saturated rings. The molecule has 4 N–H and O–H groups in total. The second kappa shape index (κ2) is 9.77. The van der Waals surface area contributed by atoms with E-state index in [9.17, 15) is 14.4 Å². The van der Waals surface area contributed by atoms with Crippen molar-refractivity contribution in [3.63, 3.8) is 0 Å². The van der Waals surface area contributed by atoms with Crippen LogP contribution >= 0.6 is 15.9 Å². The van der Waals surface area contributed by atoms with Gasteiger partial charge in [0, 0.05) is 29.9 Å². The molecule has 8 nitrogen and oxygen atoms in total. The highest BCUT2D eigenvalue weighted by Gasteiger charge is 2.12. The van der Waals surface area contributed by atoms with Gasteiger partial charge in [-0.1, -0.05) is 19.1 Å². The van der Waals surface area contributed by atoms with E-state index < -0.39 is 5.91 Å². The maximum atomic E-state index is 12.0. The standard InChI is InChI=1S/C18H22BrN5O3/c1-3-8-20-18(27)21-14-6-4-12(5-7-14)9-16(25)22-23-17(26)15-10-13(19)11-24(15)2/h4-7,10-11H,3,8-9H2,1-2H3,(H,22,25)(H,23,26)(H2,20,21,27). The van der Waals surface area contributed by atoms with Gasteiger partial charge in [0.05, 0.1) is 6.42 Å². The van der Waals surface area contributed by atoms with Crippen molar-refractivity contribution >= 4 is 39.5 Å². The van der Waals surface area contributed by atoms with Crippen LogP contribution in [-0.4, -0.2) is 29.0 Å². The monoisotopic (exact) mass is 435 g/mol. The molecule has 4 amide bonds. The zero-order valence-electron chi connectivity index (χ0n) is 15.1. The molecule has 0 radical (unpaired) electrons. The zero-order chi connectivity index (χ0) is 19.8. The van der Waals surface area contributed by atoms with E-state index in [4.69, 9.17) is 0 Å². The molecule has 0 aliphatic heterocycles. The molecule has 1 aromatic carbocycles. The van der Waals surface area contributed by atoms with Crippen LogP contribution in [-0.2, 0) is 18.3 Å². The lowest BCUT2D eigenvalue weighted by Crippen LogP contribution is -2.42. The number of urea groups is 1. The van der Waals surface area contributed by atoms with E-state index in [0.29, 0.717) is 17.9 Å². The van der Waals surface area contributed by atoms with E-state index in [-0.39, 0.29) is 18.4 Å². The molecule has 0 spiro atoms. The number of nitrogens with zero attached hydrogens (tertiary/aromatic N) is 1. The van der Waals surface area contributed by atoms with Gasteiger partial charge in [-0.3, -0.25) is 20.4 Å². The molecule has 0 saturated heterocycles. The molecule has 0 aliphatic carbocycles. The topological polar surface area (TPSA) is 104 Å². The molecule has 0 unspecified atom stereocenters. The number of hydrazine groups is 1. The number of nitrogens with one attached hydrogen (secondary N) is 4. The average Bonchev–Trinajstić information content (AvgIpc) is 2.98. The van der Waals surface area contributed by atoms with Crippen LogP contribution in [0.15, 0.2) is 41.0 Å². The predicted octanol–water partition coefficient (Wildman–Crippen LogP) is 2.32. The summed E-state index contributed by atoms with van der Waals surface area (Å²) >= 11 is 3.29. The normalized spacial score (nSPS) is 10.2. The van der Waals surface area contributed by atoms with Gasteiger partial charge in [-0.25, -0.2) is 4.79 Å². The minimum atomic E-state index is -0.408. The summed E-state index contributed by atoms with van der Waals surface area (Å²) < 4.78 is 2.42. The van der Waals surface area contributed by atoms with Crippen molar-refractivity contribution in [2.24, 2.45) is 7.05 Å². The third-order valence-corrected chi connectivity index (χ3v) is 4.07. The molecular weight excluding hydrogens is 414 g/mol. The molecular formula is C18H22BrN5O3. The maximum absolute atomic E-state index is 12.0. The Morgan fingerprint density at radius 1 is 1.11 bits per heavy atom. The van der Waals surface area contributed by atoms with Crippen molar-refractivity contribution in [2.45, 2.75) is 19.8 Å². The Hall–Kier alpha value is -2.81. The second-order valence-electron chi connectivity index (χ2n) is 5.91. The largest absolute Gasteiger partial charge is 0.345 e. The number of carbonyl (C=O) groups is 3. The van der Waals surface area contributed by atoms with E-state index >= 15 is 0 Å². The lowest BCUT2D eigenvalue weighted by Gasteiger charge is -2.09. The first kappa shape index (κ1) is 20.5. The highest BCUT2D eigenvalue weighted by atomic mass is 79.9. The number of anilines is 1. The number of halogens is 1. The number of aryl methyl sites for hydroxylation is 1. The van der Waals surface area contributed by atoms with Gasteiger partial charge in [-0.05, 0) is 46.1 Å². The molecule has 144 valence electrons. The second-order valence-corrected chi connectivity index (χ2v) is 6.83. The summed E-state index contributed by atoms with van der Waals surface area (Å²) in [5.41, 5.74) is 6.58. The van der Waals surface area contributed by atoms with Crippen LogP contribution in [0.3, 0.4) is 0 Å². The Kier molecular flexibility index (Phi) is 7.42. The Morgan fingerprint density at radius 3 is 2.41 bits per heavy atom. The molecule has 0 aliphatic rings. The number of aromatic nitrogens is 1. The van der Waals surface area contributed by atoms with Crippen LogP contribution in [0.4, 0.5) is 10.5 Å². The quantitative estimate of drug-likeness (QED) is 0.523. The number of rotatable bonds is 6. The van der Waals surface area contributed by atoms with Gasteiger partial charge in [-0.2, -0.15) is 0 Å². The Labute approximate surface area is 165 Å². The lowest BCUT2D eigenvalue weighted by molar-refractivity contribution is -0.121. The van der Waals surface area contributed by atoms with Crippen LogP contribution in [0.25, 0.3) is 0 Å². The van der Waals surface area contributed by atoms with Gasteiger partial charge in [0.15, 0.2) is 0 Å². The summed E-state index contributed by atoms with van der Waals surface area (Å²) in [5.74, 6) is -0.757. The summed E-state index contributed by atoms with van der Waals surface area (Å²) in [4.78, 5) is 35.6. The van der Waals surface area contributed by atoms with Gasteiger partial charge >= 0.3 is 6.03 Å². The van der Waals surface area contributed by atoms with Crippen molar-refractivity contribution < 1.29 is 14.4 Å². The van der Waals surface area contributed by atoms with Gasteiger partial charge in [0.1, 0.15) is 5.69 Å². The summed E-state index contributed by atoms with van der Waals surface area (Å²) in [7, 11) is 1.74. The summed E-state index contributed by atoms with van der Waals surface area (Å²) in [5, 5.41) is 5.42. The van der Waals surface area contributed by atoms with Crippen LogP contribution in [0, 0.1) is 0 Å². The third kappa shape index (κ3) is 6.45. The van der Waals surface area contributed by atoms with Crippen molar-refractivity contribution in [1.29, 1.82) is 0 Å². The van der Waals surface area contributed by atoms with Crippen molar-refractivity contribution in [2.75, 3.05) is 11.9 Å². The average molecular weight is 436 g/mol. The van der Waals surface area contributed by atoms with Crippen LogP contribution in [0.5, 0.6) is 0 Å². The first-order valence-corrected chi connectivity index (χ1v) is 9.23. The van der Waals surface area contributed by atoms with Crippen molar-refractivity contribution in [1.82, 2.24) is 20.7 Å². The fourth-order valence-electron chi connectivity index (χ4n) is 2.29. The van der Waals surface area contributed by atoms with E-state index in [2.05, 4.69) is 37.4 Å². The zero-order valence-corrected chi connectivity index (χ0v) is 16.7. The first-order valence-electron chi connectivity index (χ1n) is 8.44. The van der Waals surface area contributed by atoms with Crippen LogP contribution in [0.2, 0.25) is 0 Å². The highest BCUT2D eigenvalue weighted by molar-refractivity contribution is 9.10. The van der Waals surface area contributed by atoms with Crippen LogP contribution < -0.4 is 21.5 Å². The fourth-order valence-corrected chi connectivity index (χ4v) is 2.81. The van der Waals surface area contributed by atoms with Gasteiger partial charge < -0.3 is 15.2 Å². The van der Waals surface area contributed by atoms with E-state index in [1.807, 2.05) is 6.92 Å². The minimum Gasteiger partial charge on any atom is -0.345 e. The Morgan fingerprint density at radius 2 is 1.81 bits per heavy atom. The van der Waals surface area contributed by atoms with Gasteiger partial charge in [-0.15, -0.1) is 0 Å². The summed E-state index contributed by atoms with van der Waals surface area (Å²) in [6.45, 7) is 2.58. The van der Waals surface area contributed by atoms with Gasteiger partial charge in [0.25, 0.3) is 5.91 Å². The molecule has 1 heterocycles. The number of carbonyl (C=O) groups excluding carboxylic acids is 3. The number of amides is 4. The molecule has 27 heavy (non-hydrogen) atoms. The first-order chi connectivity index (χ1) is 12.9. The van der Waals surface area contributed by atoms with E-state index in [1.54, 1.807) is 48.1 Å². The van der Waals surface area contributed by atoms with Crippen molar-refractivity contribution in [3.8, 4) is 0 Å². The number of hydrogen-bond donors (Lipinski definition) is 4. The molecule has 0 bridgehead atoms. The Bertz CT molecular complexity index is 817. The van der Waals surface area contributed by atoms with Crippen LogP contribution in [0.1, 0.15) is 29.4 Å².